The van der Waals surface area contributed by atoms with Crippen LogP contribution >= 0.6 is 23.2 Å². The number of hydrogen-bond donors (Lipinski definition) is 1. The van der Waals surface area contributed by atoms with Gasteiger partial charge in [0, 0.05) is 23.7 Å². The van der Waals surface area contributed by atoms with Gasteiger partial charge in [-0.2, -0.15) is 0 Å². The van der Waals surface area contributed by atoms with Crippen molar-refractivity contribution in [2.24, 2.45) is 0 Å². The van der Waals surface area contributed by atoms with Crippen LogP contribution < -0.4 is 19.5 Å². The average Bonchev–Trinajstić information content (AvgIpc) is 2.69. The molecule has 0 bridgehead atoms. The molecule has 0 amide bonds. The zero-order chi connectivity index (χ0) is 21.1. The van der Waals surface area contributed by atoms with Crippen LogP contribution in [-0.2, 0) is 0 Å². The first-order valence-electron chi connectivity index (χ1n) is 8.72. The minimum Gasteiger partial charge on any atom is -0.495 e. The first-order valence-corrected chi connectivity index (χ1v) is 9.48. The second-order valence-corrected chi connectivity index (χ2v) is 7.22. The number of pyridine rings is 1. The number of fused-ring (bicyclic) bond motifs is 1. The molecule has 0 unspecified atom stereocenters. The molecule has 1 N–H and O–H groups in total. The molecule has 2 aromatic carbocycles. The van der Waals surface area contributed by atoms with Gasteiger partial charge >= 0.3 is 0 Å². The molecule has 0 saturated heterocycles. The predicted molar refractivity (Wildman–Crippen MR) is 117 cm³/mol. The van der Waals surface area contributed by atoms with Crippen LogP contribution in [0, 0.1) is 6.57 Å². The molecular formula is C21H19Cl2N3O3. The Kier molecular flexibility index (Phi) is 6.21. The summed E-state index contributed by atoms with van der Waals surface area (Å²) in [5.74, 6) is 1.58. The first-order chi connectivity index (χ1) is 13.9. The Bertz CT molecular complexity index is 1110. The summed E-state index contributed by atoms with van der Waals surface area (Å²) in [5, 5.41) is 4.70. The van der Waals surface area contributed by atoms with E-state index in [-0.39, 0.29) is 6.10 Å². The van der Waals surface area contributed by atoms with Gasteiger partial charge in [-0.05, 0) is 26.0 Å². The number of anilines is 2. The molecule has 0 aliphatic heterocycles. The highest BCUT2D eigenvalue weighted by Gasteiger charge is 2.17. The predicted octanol–water partition coefficient (Wildman–Crippen LogP) is 6.64. The lowest BCUT2D eigenvalue weighted by atomic mass is 10.1. The van der Waals surface area contributed by atoms with Crippen LogP contribution in [0.15, 0.2) is 30.5 Å². The second-order valence-electron chi connectivity index (χ2n) is 6.41. The lowest BCUT2D eigenvalue weighted by Gasteiger charge is -2.17. The summed E-state index contributed by atoms with van der Waals surface area (Å²) in [6.07, 6.45) is 1.48. The van der Waals surface area contributed by atoms with E-state index >= 15 is 0 Å². The molecule has 0 radical (unpaired) electrons. The fraction of sp³-hybridized carbons (Fsp3) is 0.238. The molecular weight excluding hydrogens is 413 g/mol. The topological polar surface area (TPSA) is 57.0 Å². The zero-order valence-electron chi connectivity index (χ0n) is 16.3. The fourth-order valence-corrected chi connectivity index (χ4v) is 3.33. The maximum atomic E-state index is 7.54. The number of nitrogens with one attached hydrogen (secondary N) is 1. The lowest BCUT2D eigenvalue weighted by molar-refractivity contribution is 0.230. The number of hydrogen-bond acceptors (Lipinski definition) is 5. The summed E-state index contributed by atoms with van der Waals surface area (Å²) in [7, 11) is 3.08. The van der Waals surface area contributed by atoms with Crippen LogP contribution in [0.4, 0.5) is 17.1 Å². The van der Waals surface area contributed by atoms with Crippen LogP contribution in [-0.4, -0.2) is 25.3 Å². The zero-order valence-corrected chi connectivity index (χ0v) is 17.9. The first kappa shape index (κ1) is 20.8. The third-order valence-corrected chi connectivity index (χ3v) is 4.73. The molecule has 8 heteroatoms. The smallest absolute Gasteiger partial charge is 0.228 e. The van der Waals surface area contributed by atoms with Crippen LogP contribution in [0.2, 0.25) is 10.0 Å². The number of benzene rings is 2. The molecule has 0 fully saturated rings. The Morgan fingerprint density at radius 3 is 2.34 bits per heavy atom. The number of ether oxygens (including phenoxy) is 3. The summed E-state index contributed by atoms with van der Waals surface area (Å²) in [5.41, 5.74) is 2.08. The highest BCUT2D eigenvalue weighted by molar-refractivity contribution is 6.37. The van der Waals surface area contributed by atoms with E-state index in [0.29, 0.717) is 55.3 Å². The Labute approximate surface area is 179 Å². The summed E-state index contributed by atoms with van der Waals surface area (Å²) >= 11 is 12.5. The quantitative estimate of drug-likeness (QED) is 0.443. The molecule has 1 heterocycles. The summed E-state index contributed by atoms with van der Waals surface area (Å²) in [6.45, 7) is 11.4. The molecule has 3 aromatic rings. The van der Waals surface area contributed by atoms with E-state index in [0.717, 1.165) is 0 Å². The van der Waals surface area contributed by atoms with Crippen molar-refractivity contribution < 1.29 is 14.2 Å². The molecule has 0 spiro atoms. The van der Waals surface area contributed by atoms with Gasteiger partial charge in [-0.3, -0.25) is 4.98 Å². The molecule has 0 aliphatic rings. The second kappa shape index (κ2) is 8.64. The Morgan fingerprint density at radius 1 is 1.00 bits per heavy atom. The normalized spacial score (nSPS) is 10.7. The number of rotatable bonds is 6. The summed E-state index contributed by atoms with van der Waals surface area (Å²) in [4.78, 5) is 7.99. The molecule has 0 atom stereocenters. The third kappa shape index (κ3) is 4.26. The lowest BCUT2D eigenvalue weighted by Crippen LogP contribution is -2.07. The van der Waals surface area contributed by atoms with Gasteiger partial charge in [0.1, 0.15) is 5.75 Å². The monoisotopic (exact) mass is 431 g/mol. The van der Waals surface area contributed by atoms with Crippen molar-refractivity contribution in [2.45, 2.75) is 20.0 Å². The van der Waals surface area contributed by atoms with Gasteiger partial charge < -0.3 is 19.5 Å². The number of aromatic nitrogens is 1. The SMILES string of the molecule is [C-]#[N+]c1cnc2cc(OC(C)C)c(OC)cc2c1Nc1cc(OC)c(Cl)cc1Cl. The number of nitrogens with zero attached hydrogens (tertiary/aromatic N) is 2. The molecule has 1 aromatic heterocycles. The van der Waals surface area contributed by atoms with Crippen molar-refractivity contribution in [1.82, 2.24) is 4.98 Å². The average molecular weight is 432 g/mol. The Hall–Kier alpha value is -2.88. The molecule has 0 aliphatic carbocycles. The van der Waals surface area contributed by atoms with Crippen molar-refractivity contribution in [1.29, 1.82) is 0 Å². The molecule has 150 valence electrons. The summed E-state index contributed by atoms with van der Waals surface area (Å²) < 4.78 is 16.6. The van der Waals surface area contributed by atoms with Gasteiger partial charge in [0.05, 0.1) is 53.8 Å². The van der Waals surface area contributed by atoms with Crippen LogP contribution in [0.5, 0.6) is 17.2 Å². The van der Waals surface area contributed by atoms with E-state index < -0.39 is 0 Å². The van der Waals surface area contributed by atoms with E-state index in [4.69, 9.17) is 44.0 Å². The van der Waals surface area contributed by atoms with Crippen molar-refractivity contribution in [2.75, 3.05) is 19.5 Å². The molecule has 0 saturated carbocycles. The molecule has 3 rings (SSSR count). The minimum atomic E-state index is -0.0261. The van der Waals surface area contributed by atoms with Crippen LogP contribution in [0.3, 0.4) is 0 Å². The number of halogens is 2. The van der Waals surface area contributed by atoms with E-state index in [1.54, 1.807) is 31.4 Å². The minimum absolute atomic E-state index is 0.0261. The highest BCUT2D eigenvalue weighted by atomic mass is 35.5. The highest BCUT2D eigenvalue weighted by Crippen LogP contribution is 2.42. The maximum absolute atomic E-state index is 7.54. The van der Waals surface area contributed by atoms with Crippen molar-refractivity contribution in [3.63, 3.8) is 0 Å². The van der Waals surface area contributed by atoms with Crippen LogP contribution in [0.25, 0.3) is 15.7 Å². The third-order valence-electron chi connectivity index (χ3n) is 4.12. The van der Waals surface area contributed by atoms with Gasteiger partial charge in [-0.15, -0.1) is 0 Å². The standard InChI is InChI=1S/C21H19Cl2N3O3/c1-11(2)29-20-8-15-12(6-19(20)28-5)21(17(24-3)10-25-15)26-16-9-18(27-4)14(23)7-13(16)22/h6-11H,1-2,4-5H3,(H,25,26). The van der Waals surface area contributed by atoms with E-state index in [1.807, 2.05) is 13.8 Å². The maximum Gasteiger partial charge on any atom is 0.228 e. The molecule has 29 heavy (non-hydrogen) atoms. The van der Waals surface area contributed by atoms with Crippen molar-refractivity contribution in [3.8, 4) is 17.2 Å². The van der Waals surface area contributed by atoms with Gasteiger partial charge in [-0.25, -0.2) is 4.85 Å². The van der Waals surface area contributed by atoms with E-state index in [9.17, 15) is 0 Å². The fourth-order valence-electron chi connectivity index (χ4n) is 2.83. The van der Waals surface area contributed by atoms with E-state index in [2.05, 4.69) is 15.1 Å². The van der Waals surface area contributed by atoms with Gasteiger partial charge in [0.25, 0.3) is 0 Å². The van der Waals surface area contributed by atoms with Gasteiger partial charge in [-0.1, -0.05) is 23.2 Å². The molecule has 6 nitrogen and oxygen atoms in total. The van der Waals surface area contributed by atoms with Crippen molar-refractivity contribution in [3.05, 3.63) is 51.9 Å². The van der Waals surface area contributed by atoms with Crippen LogP contribution in [0.1, 0.15) is 13.8 Å². The largest absolute Gasteiger partial charge is 0.495 e. The van der Waals surface area contributed by atoms with Gasteiger partial charge in [0.15, 0.2) is 11.5 Å². The summed E-state index contributed by atoms with van der Waals surface area (Å²) in [6, 6.07) is 6.84. The number of methoxy groups -OCH3 is 2. The Morgan fingerprint density at radius 2 is 1.72 bits per heavy atom. The van der Waals surface area contributed by atoms with Crippen molar-refractivity contribution >= 4 is 51.2 Å². The van der Waals surface area contributed by atoms with E-state index in [1.165, 1.54) is 13.3 Å². The van der Waals surface area contributed by atoms with Gasteiger partial charge in [0.2, 0.25) is 5.69 Å². The Balaban J connectivity index is 2.20.